The lowest BCUT2D eigenvalue weighted by Gasteiger charge is -2.36. The van der Waals surface area contributed by atoms with Crippen LogP contribution in [0.1, 0.15) is 55.5 Å². The Kier molecular flexibility index (Phi) is 7.19. The third kappa shape index (κ3) is 5.11. The highest BCUT2D eigenvalue weighted by atomic mass is 79.9. The molecule has 0 fully saturated rings. The molecule has 29 heavy (non-hydrogen) atoms. The quantitative estimate of drug-likeness (QED) is 0.527. The lowest BCUT2D eigenvalue weighted by atomic mass is 9.89. The number of halogens is 2. The number of carbonyl (C=O) groups excluding carboxylic acids is 1. The zero-order valence-corrected chi connectivity index (χ0v) is 18.9. The number of benzene rings is 2. The van der Waals surface area contributed by atoms with Gasteiger partial charge in [-0.2, -0.15) is 0 Å². The Morgan fingerprint density at radius 1 is 1.14 bits per heavy atom. The zero-order chi connectivity index (χ0) is 21.0. The fraction of sp³-hybridized carbons (Fsp3) is 0.304. The minimum atomic E-state index is -0.245. The van der Waals surface area contributed by atoms with Crippen LogP contribution in [0.5, 0.6) is 0 Å². The molecule has 0 unspecified atom stereocenters. The Morgan fingerprint density at radius 3 is 2.52 bits per heavy atom. The Hall–Kier alpha value is -2.05. The largest absolute Gasteiger partial charge is 0.320 e. The third-order valence-corrected chi connectivity index (χ3v) is 5.77. The van der Waals surface area contributed by atoms with Crippen LogP contribution in [0.25, 0.3) is 5.57 Å². The Bertz CT molecular complexity index is 943. The van der Waals surface area contributed by atoms with Crippen LogP contribution >= 0.6 is 28.1 Å². The van der Waals surface area contributed by atoms with Crippen molar-refractivity contribution in [1.82, 2.24) is 10.2 Å². The Labute approximate surface area is 185 Å². The molecule has 3 rings (SSSR count). The van der Waals surface area contributed by atoms with Gasteiger partial charge in [-0.05, 0) is 87.7 Å². The molecule has 0 bridgehead atoms. The van der Waals surface area contributed by atoms with Gasteiger partial charge in [0.2, 0.25) is 0 Å². The van der Waals surface area contributed by atoms with E-state index in [-0.39, 0.29) is 17.8 Å². The second-order valence-electron chi connectivity index (χ2n) is 7.35. The van der Waals surface area contributed by atoms with E-state index in [1.165, 1.54) is 6.07 Å². The second-order valence-corrected chi connectivity index (χ2v) is 8.65. The SMILES string of the molecule is CC(C)N(C(=S)NC(=O)c1ccccc1)C1=C(c2cc(Br)ccc2F)CCCC1. The van der Waals surface area contributed by atoms with Gasteiger partial charge in [0.25, 0.3) is 5.91 Å². The summed E-state index contributed by atoms with van der Waals surface area (Å²) >= 11 is 9.08. The monoisotopic (exact) mass is 474 g/mol. The van der Waals surface area contributed by atoms with Crippen molar-refractivity contribution in [3.8, 4) is 0 Å². The number of nitrogens with zero attached hydrogens (tertiary/aromatic N) is 1. The smallest absolute Gasteiger partial charge is 0.257 e. The van der Waals surface area contributed by atoms with E-state index in [0.29, 0.717) is 16.2 Å². The van der Waals surface area contributed by atoms with E-state index >= 15 is 0 Å². The molecule has 2 aromatic rings. The van der Waals surface area contributed by atoms with Crippen molar-refractivity contribution in [1.29, 1.82) is 0 Å². The molecular weight excluding hydrogens is 451 g/mol. The summed E-state index contributed by atoms with van der Waals surface area (Å²) in [5.41, 5.74) is 3.09. The lowest BCUT2D eigenvalue weighted by molar-refractivity contribution is 0.0973. The van der Waals surface area contributed by atoms with Gasteiger partial charge in [-0.3, -0.25) is 10.1 Å². The van der Waals surface area contributed by atoms with Crippen LogP contribution < -0.4 is 5.32 Å². The molecule has 0 aromatic heterocycles. The minimum Gasteiger partial charge on any atom is -0.320 e. The molecule has 3 nitrogen and oxygen atoms in total. The molecule has 0 aliphatic heterocycles. The van der Waals surface area contributed by atoms with Gasteiger partial charge in [0.05, 0.1) is 0 Å². The van der Waals surface area contributed by atoms with E-state index in [0.717, 1.165) is 41.4 Å². The van der Waals surface area contributed by atoms with E-state index in [2.05, 4.69) is 21.2 Å². The third-order valence-electron chi connectivity index (χ3n) is 4.97. The maximum absolute atomic E-state index is 14.6. The molecule has 0 saturated heterocycles. The average molecular weight is 475 g/mol. The molecule has 0 spiro atoms. The molecular formula is C23H24BrFN2OS. The van der Waals surface area contributed by atoms with Gasteiger partial charge in [-0.25, -0.2) is 4.39 Å². The summed E-state index contributed by atoms with van der Waals surface area (Å²) in [7, 11) is 0. The van der Waals surface area contributed by atoms with Crippen LogP contribution in [0.3, 0.4) is 0 Å². The normalized spacial score (nSPS) is 14.1. The molecule has 0 heterocycles. The van der Waals surface area contributed by atoms with Crippen LogP contribution in [0.15, 0.2) is 58.7 Å². The van der Waals surface area contributed by atoms with Crippen LogP contribution in [0.4, 0.5) is 4.39 Å². The van der Waals surface area contributed by atoms with Gasteiger partial charge in [0, 0.05) is 27.3 Å². The first-order valence-corrected chi connectivity index (χ1v) is 11.0. The zero-order valence-electron chi connectivity index (χ0n) is 16.5. The van der Waals surface area contributed by atoms with Crippen molar-refractivity contribution >= 4 is 44.7 Å². The summed E-state index contributed by atoms with van der Waals surface area (Å²) in [6, 6.07) is 14.0. The predicted molar refractivity (Wildman–Crippen MR) is 123 cm³/mol. The van der Waals surface area contributed by atoms with Gasteiger partial charge < -0.3 is 4.90 Å². The van der Waals surface area contributed by atoms with Crippen molar-refractivity contribution in [2.75, 3.05) is 0 Å². The standard InChI is InChI=1S/C23H24BrFN2OS/c1-15(2)27(23(29)26-22(28)16-8-4-3-5-9-16)21-11-7-6-10-18(21)19-14-17(24)12-13-20(19)25/h3-5,8-9,12-15H,6-7,10-11H2,1-2H3,(H,26,28,29). The molecule has 1 N–H and O–H groups in total. The van der Waals surface area contributed by atoms with E-state index in [9.17, 15) is 9.18 Å². The summed E-state index contributed by atoms with van der Waals surface area (Å²) < 4.78 is 15.5. The molecule has 0 radical (unpaired) electrons. The van der Waals surface area contributed by atoms with E-state index < -0.39 is 0 Å². The maximum Gasteiger partial charge on any atom is 0.257 e. The van der Waals surface area contributed by atoms with Crippen LogP contribution in [-0.2, 0) is 0 Å². The molecule has 1 aliphatic carbocycles. The highest BCUT2D eigenvalue weighted by molar-refractivity contribution is 9.10. The number of allylic oxidation sites excluding steroid dienone is 2. The highest BCUT2D eigenvalue weighted by Crippen LogP contribution is 2.37. The second kappa shape index (κ2) is 9.63. The summed E-state index contributed by atoms with van der Waals surface area (Å²) in [5, 5.41) is 3.20. The van der Waals surface area contributed by atoms with Crippen molar-refractivity contribution in [2.24, 2.45) is 0 Å². The number of hydrogen-bond acceptors (Lipinski definition) is 2. The number of thiocarbonyl (C=S) groups is 1. The van der Waals surface area contributed by atoms with E-state index in [1.54, 1.807) is 18.2 Å². The summed E-state index contributed by atoms with van der Waals surface area (Å²) in [4.78, 5) is 14.6. The number of nitrogens with one attached hydrogen (secondary N) is 1. The molecule has 1 amide bonds. The van der Waals surface area contributed by atoms with Gasteiger partial charge in [0.1, 0.15) is 5.82 Å². The van der Waals surface area contributed by atoms with E-state index in [1.807, 2.05) is 43.0 Å². The van der Waals surface area contributed by atoms with Crippen molar-refractivity contribution in [3.63, 3.8) is 0 Å². The molecule has 0 atom stereocenters. The van der Waals surface area contributed by atoms with Gasteiger partial charge in [-0.15, -0.1) is 0 Å². The van der Waals surface area contributed by atoms with Crippen molar-refractivity contribution < 1.29 is 9.18 Å². The van der Waals surface area contributed by atoms with Gasteiger partial charge in [-0.1, -0.05) is 34.1 Å². The molecule has 6 heteroatoms. The predicted octanol–water partition coefficient (Wildman–Crippen LogP) is 6.30. The molecule has 1 aliphatic rings. The fourth-order valence-electron chi connectivity index (χ4n) is 3.66. The summed E-state index contributed by atoms with van der Waals surface area (Å²) in [6.45, 7) is 4.05. The highest BCUT2D eigenvalue weighted by Gasteiger charge is 2.27. The molecule has 0 saturated carbocycles. The van der Waals surface area contributed by atoms with Gasteiger partial charge in [0.15, 0.2) is 5.11 Å². The van der Waals surface area contributed by atoms with Crippen LogP contribution in [-0.4, -0.2) is 22.0 Å². The first-order chi connectivity index (χ1) is 13.9. The Balaban J connectivity index is 1.97. The van der Waals surface area contributed by atoms with Crippen molar-refractivity contribution in [3.05, 3.63) is 75.6 Å². The average Bonchev–Trinajstić information content (AvgIpc) is 2.71. The minimum absolute atomic E-state index is 0.0249. The molecule has 2 aromatic carbocycles. The summed E-state index contributed by atoms with van der Waals surface area (Å²) in [6.07, 6.45) is 3.58. The number of carbonyl (C=O) groups is 1. The molecule has 152 valence electrons. The maximum atomic E-state index is 14.6. The fourth-order valence-corrected chi connectivity index (χ4v) is 4.44. The number of amides is 1. The van der Waals surface area contributed by atoms with Crippen LogP contribution in [0, 0.1) is 5.82 Å². The van der Waals surface area contributed by atoms with Gasteiger partial charge >= 0.3 is 0 Å². The topological polar surface area (TPSA) is 32.3 Å². The summed E-state index contributed by atoms with van der Waals surface area (Å²) in [5.74, 6) is -0.488. The number of hydrogen-bond donors (Lipinski definition) is 1. The first-order valence-electron chi connectivity index (χ1n) is 9.75. The Morgan fingerprint density at radius 2 is 1.83 bits per heavy atom. The number of rotatable bonds is 4. The first kappa shape index (κ1) is 21.7. The van der Waals surface area contributed by atoms with E-state index in [4.69, 9.17) is 12.2 Å². The van der Waals surface area contributed by atoms with Crippen LogP contribution in [0.2, 0.25) is 0 Å². The lowest BCUT2D eigenvalue weighted by Crippen LogP contribution is -2.46. The van der Waals surface area contributed by atoms with Crippen molar-refractivity contribution in [2.45, 2.75) is 45.6 Å².